The Morgan fingerprint density at radius 2 is 1.73 bits per heavy atom. The fourth-order valence-corrected chi connectivity index (χ4v) is 1.86. The molecule has 1 unspecified atom stereocenters. The van der Waals surface area contributed by atoms with E-state index in [0.717, 1.165) is 0 Å². The number of hydrogen-bond donors (Lipinski definition) is 2. The molecular formula is C14H17F2NO5. The highest BCUT2D eigenvalue weighted by Gasteiger charge is 2.25. The summed E-state index contributed by atoms with van der Waals surface area (Å²) in [5, 5.41) is 10.9. The first-order valence-electron chi connectivity index (χ1n) is 6.34. The molecule has 0 saturated carbocycles. The molecule has 1 aromatic carbocycles. The third-order valence-corrected chi connectivity index (χ3v) is 3.03. The summed E-state index contributed by atoms with van der Waals surface area (Å²) in [6.45, 7) is 1.72. The van der Waals surface area contributed by atoms with E-state index < -0.39 is 30.8 Å². The van der Waals surface area contributed by atoms with Crippen LogP contribution in [0.5, 0.6) is 11.5 Å². The summed E-state index contributed by atoms with van der Waals surface area (Å²) in [5.74, 6) is -1.60. The SMILES string of the molecule is COc1cc(C(=O)NC(CC(F)F)C(=O)O)cc(OC)c1C. The largest absolute Gasteiger partial charge is 0.496 e. The van der Waals surface area contributed by atoms with Crippen LogP contribution in [-0.2, 0) is 4.79 Å². The molecule has 0 aromatic heterocycles. The van der Waals surface area contributed by atoms with Gasteiger partial charge in [0.05, 0.1) is 14.2 Å². The Bertz CT molecular complexity index is 537. The highest BCUT2D eigenvalue weighted by Crippen LogP contribution is 2.29. The Balaban J connectivity index is 3.04. The monoisotopic (exact) mass is 317 g/mol. The Morgan fingerprint density at radius 3 is 2.09 bits per heavy atom. The van der Waals surface area contributed by atoms with Crippen LogP contribution >= 0.6 is 0 Å². The molecule has 0 aliphatic carbocycles. The van der Waals surface area contributed by atoms with Gasteiger partial charge < -0.3 is 19.9 Å². The van der Waals surface area contributed by atoms with Crippen molar-refractivity contribution in [3.63, 3.8) is 0 Å². The number of nitrogens with one attached hydrogen (secondary N) is 1. The number of alkyl halides is 2. The highest BCUT2D eigenvalue weighted by molar-refractivity contribution is 5.97. The van der Waals surface area contributed by atoms with E-state index >= 15 is 0 Å². The number of halogens is 2. The van der Waals surface area contributed by atoms with Crippen LogP contribution in [0.3, 0.4) is 0 Å². The number of aliphatic carboxylic acids is 1. The second-order valence-corrected chi connectivity index (χ2v) is 4.50. The van der Waals surface area contributed by atoms with Crippen molar-refractivity contribution < 1.29 is 33.0 Å². The Labute approximate surface area is 126 Å². The van der Waals surface area contributed by atoms with Gasteiger partial charge in [0.15, 0.2) is 0 Å². The van der Waals surface area contributed by atoms with Crippen LogP contribution in [0.4, 0.5) is 8.78 Å². The second kappa shape index (κ2) is 7.58. The first-order valence-corrected chi connectivity index (χ1v) is 6.34. The van der Waals surface area contributed by atoms with Crippen molar-refractivity contribution in [3.05, 3.63) is 23.3 Å². The van der Waals surface area contributed by atoms with Crippen molar-refractivity contribution in [2.24, 2.45) is 0 Å². The lowest BCUT2D eigenvalue weighted by Gasteiger charge is -2.16. The Kier molecular flexibility index (Phi) is 6.09. The van der Waals surface area contributed by atoms with Crippen molar-refractivity contribution >= 4 is 11.9 Å². The van der Waals surface area contributed by atoms with Crippen LogP contribution in [0.1, 0.15) is 22.3 Å². The van der Waals surface area contributed by atoms with E-state index in [1.165, 1.54) is 26.4 Å². The molecule has 22 heavy (non-hydrogen) atoms. The van der Waals surface area contributed by atoms with Crippen LogP contribution in [0.15, 0.2) is 12.1 Å². The zero-order valence-corrected chi connectivity index (χ0v) is 12.4. The van der Waals surface area contributed by atoms with Gasteiger partial charge in [-0.05, 0) is 19.1 Å². The van der Waals surface area contributed by atoms with Gasteiger partial charge in [0, 0.05) is 17.5 Å². The molecule has 0 bridgehead atoms. The van der Waals surface area contributed by atoms with Gasteiger partial charge in [-0.2, -0.15) is 0 Å². The number of hydrogen-bond acceptors (Lipinski definition) is 4. The third-order valence-electron chi connectivity index (χ3n) is 3.03. The van der Waals surface area contributed by atoms with Gasteiger partial charge in [-0.3, -0.25) is 4.79 Å². The maximum Gasteiger partial charge on any atom is 0.326 e. The maximum absolute atomic E-state index is 12.3. The van der Waals surface area contributed by atoms with Gasteiger partial charge in [0.25, 0.3) is 5.91 Å². The van der Waals surface area contributed by atoms with Gasteiger partial charge in [0.1, 0.15) is 17.5 Å². The summed E-state index contributed by atoms with van der Waals surface area (Å²) in [6, 6.07) is 1.09. The third kappa shape index (κ3) is 4.31. The molecular weight excluding hydrogens is 300 g/mol. The molecule has 2 N–H and O–H groups in total. The molecule has 1 atom stereocenters. The average molecular weight is 317 g/mol. The molecule has 1 aromatic rings. The minimum Gasteiger partial charge on any atom is -0.496 e. The van der Waals surface area contributed by atoms with Crippen molar-refractivity contribution in [2.45, 2.75) is 25.8 Å². The van der Waals surface area contributed by atoms with E-state index in [1.54, 1.807) is 6.92 Å². The molecule has 1 amide bonds. The Hall–Kier alpha value is -2.38. The quantitative estimate of drug-likeness (QED) is 0.802. The van der Waals surface area contributed by atoms with E-state index in [-0.39, 0.29) is 5.56 Å². The fourth-order valence-electron chi connectivity index (χ4n) is 1.86. The normalized spacial score (nSPS) is 11.9. The molecule has 0 radical (unpaired) electrons. The first kappa shape index (κ1) is 17.7. The lowest BCUT2D eigenvalue weighted by molar-refractivity contribution is -0.140. The van der Waals surface area contributed by atoms with E-state index in [0.29, 0.717) is 17.1 Å². The maximum atomic E-state index is 12.3. The summed E-state index contributed by atoms with van der Waals surface area (Å²) in [5.41, 5.74) is 0.712. The topological polar surface area (TPSA) is 84.9 Å². The molecule has 0 saturated heterocycles. The summed E-state index contributed by atoms with van der Waals surface area (Å²) >= 11 is 0. The van der Waals surface area contributed by atoms with Crippen molar-refractivity contribution in [3.8, 4) is 11.5 Å². The standard InChI is InChI=1S/C14H17F2NO5/c1-7-10(21-2)4-8(5-11(7)22-3)13(18)17-9(14(19)20)6-12(15)16/h4-5,9,12H,6H2,1-3H3,(H,17,18)(H,19,20). The van der Waals surface area contributed by atoms with Gasteiger partial charge in [-0.15, -0.1) is 0 Å². The minimum absolute atomic E-state index is 0.0554. The molecule has 0 fully saturated rings. The zero-order valence-electron chi connectivity index (χ0n) is 12.4. The number of benzene rings is 1. The molecule has 122 valence electrons. The number of carbonyl (C=O) groups is 2. The van der Waals surface area contributed by atoms with Gasteiger partial charge in [-0.25, -0.2) is 13.6 Å². The Morgan fingerprint density at radius 1 is 1.23 bits per heavy atom. The van der Waals surface area contributed by atoms with Gasteiger partial charge >= 0.3 is 5.97 Å². The smallest absolute Gasteiger partial charge is 0.326 e. The summed E-state index contributed by atoms with van der Waals surface area (Å²) in [4.78, 5) is 23.0. The molecule has 8 heteroatoms. The molecule has 0 aliphatic rings. The summed E-state index contributed by atoms with van der Waals surface area (Å²) in [6.07, 6.45) is -3.82. The lowest BCUT2D eigenvalue weighted by atomic mass is 10.1. The zero-order chi connectivity index (χ0) is 16.9. The van der Waals surface area contributed by atoms with Crippen molar-refractivity contribution in [1.29, 1.82) is 0 Å². The molecule has 0 aliphatic heterocycles. The molecule has 0 heterocycles. The number of carboxylic acids is 1. The molecule has 6 nitrogen and oxygen atoms in total. The highest BCUT2D eigenvalue weighted by atomic mass is 19.3. The van der Waals surface area contributed by atoms with Crippen molar-refractivity contribution in [2.75, 3.05) is 14.2 Å². The number of ether oxygens (including phenoxy) is 2. The number of amides is 1. The predicted octanol–water partition coefficient (Wildman–Crippen LogP) is 1.85. The van der Waals surface area contributed by atoms with E-state index in [2.05, 4.69) is 5.32 Å². The van der Waals surface area contributed by atoms with E-state index in [1.807, 2.05) is 0 Å². The average Bonchev–Trinajstić information content (AvgIpc) is 2.46. The predicted molar refractivity (Wildman–Crippen MR) is 73.8 cm³/mol. The fraction of sp³-hybridized carbons (Fsp3) is 0.429. The minimum atomic E-state index is -2.84. The van der Waals surface area contributed by atoms with Crippen LogP contribution in [0.2, 0.25) is 0 Å². The van der Waals surface area contributed by atoms with E-state index in [4.69, 9.17) is 14.6 Å². The van der Waals surface area contributed by atoms with Crippen LogP contribution in [0.25, 0.3) is 0 Å². The summed E-state index contributed by atoms with van der Waals surface area (Å²) < 4.78 is 34.9. The molecule has 0 spiro atoms. The number of carbonyl (C=O) groups excluding carboxylic acids is 1. The first-order chi connectivity index (χ1) is 10.3. The van der Waals surface area contributed by atoms with Crippen LogP contribution in [0, 0.1) is 6.92 Å². The number of rotatable bonds is 7. The summed E-state index contributed by atoms with van der Waals surface area (Å²) in [7, 11) is 2.81. The number of carboxylic acid groups (broad SMARTS) is 1. The molecule has 1 rings (SSSR count). The number of methoxy groups -OCH3 is 2. The van der Waals surface area contributed by atoms with Crippen molar-refractivity contribution in [1.82, 2.24) is 5.32 Å². The van der Waals surface area contributed by atoms with Crippen LogP contribution < -0.4 is 14.8 Å². The van der Waals surface area contributed by atoms with Gasteiger partial charge in [0.2, 0.25) is 6.43 Å². The van der Waals surface area contributed by atoms with E-state index in [9.17, 15) is 18.4 Å². The van der Waals surface area contributed by atoms with Gasteiger partial charge in [-0.1, -0.05) is 0 Å². The lowest BCUT2D eigenvalue weighted by Crippen LogP contribution is -2.42. The second-order valence-electron chi connectivity index (χ2n) is 4.50. The van der Waals surface area contributed by atoms with Crippen LogP contribution in [-0.4, -0.2) is 43.7 Å².